The summed E-state index contributed by atoms with van der Waals surface area (Å²) in [4.78, 5) is 14.3. The number of carbonyl (C=O) groups excluding carboxylic acids is 1. The van der Waals surface area contributed by atoms with Crippen LogP contribution in [-0.4, -0.2) is 44.6 Å². The molecule has 0 bridgehead atoms. The maximum Gasteiger partial charge on any atom is 0.254 e. The van der Waals surface area contributed by atoms with E-state index >= 15 is 0 Å². The third-order valence-corrected chi connectivity index (χ3v) is 5.82. The smallest absolute Gasteiger partial charge is 0.254 e. The standard InChI is InChI=1S/C16H26N2O3S.ClH/c1-12(2)22(20,21)14-9-7-6-8-13(14)15(19)18(5)11-16(3,4)10-17;/h6-9,12H,10-11,17H2,1-5H3;1H. The number of nitrogens with zero attached hydrogens (tertiary/aromatic N) is 1. The molecule has 0 spiro atoms. The van der Waals surface area contributed by atoms with Crippen molar-refractivity contribution in [2.45, 2.75) is 37.8 Å². The van der Waals surface area contributed by atoms with Gasteiger partial charge in [-0.05, 0) is 37.9 Å². The highest BCUT2D eigenvalue weighted by molar-refractivity contribution is 7.92. The predicted octanol–water partition coefficient (Wildman–Crippen LogP) is 2.35. The number of rotatable bonds is 6. The van der Waals surface area contributed by atoms with E-state index in [1.165, 1.54) is 11.0 Å². The summed E-state index contributed by atoms with van der Waals surface area (Å²) in [6, 6.07) is 6.36. The van der Waals surface area contributed by atoms with Gasteiger partial charge in [-0.1, -0.05) is 26.0 Å². The molecule has 0 saturated heterocycles. The van der Waals surface area contributed by atoms with Gasteiger partial charge >= 0.3 is 0 Å². The van der Waals surface area contributed by atoms with Gasteiger partial charge in [0.2, 0.25) is 0 Å². The fourth-order valence-corrected chi connectivity index (χ4v) is 3.37. The predicted molar refractivity (Wildman–Crippen MR) is 95.8 cm³/mol. The fraction of sp³-hybridized carbons (Fsp3) is 0.562. The molecular weight excluding hydrogens is 336 g/mol. The van der Waals surface area contributed by atoms with Crippen molar-refractivity contribution in [1.29, 1.82) is 0 Å². The zero-order chi connectivity index (χ0) is 17.1. The molecule has 132 valence electrons. The molecule has 0 fully saturated rings. The SMILES string of the molecule is CC(C)S(=O)(=O)c1ccccc1C(=O)N(C)CC(C)(C)CN.Cl. The van der Waals surface area contributed by atoms with Crippen molar-refractivity contribution in [3.8, 4) is 0 Å². The van der Waals surface area contributed by atoms with Crippen LogP contribution in [0.1, 0.15) is 38.1 Å². The lowest BCUT2D eigenvalue weighted by molar-refractivity contribution is 0.0736. The lowest BCUT2D eigenvalue weighted by Gasteiger charge is -2.29. The minimum Gasteiger partial charge on any atom is -0.341 e. The monoisotopic (exact) mass is 362 g/mol. The van der Waals surface area contributed by atoms with Crippen molar-refractivity contribution in [1.82, 2.24) is 4.90 Å². The number of nitrogens with two attached hydrogens (primary N) is 1. The molecule has 0 radical (unpaired) electrons. The quantitative estimate of drug-likeness (QED) is 0.842. The van der Waals surface area contributed by atoms with Crippen molar-refractivity contribution < 1.29 is 13.2 Å². The van der Waals surface area contributed by atoms with Crippen LogP contribution in [0.5, 0.6) is 0 Å². The van der Waals surface area contributed by atoms with Crippen LogP contribution in [0, 0.1) is 5.41 Å². The average molecular weight is 363 g/mol. The van der Waals surface area contributed by atoms with Crippen LogP contribution in [0.25, 0.3) is 0 Å². The van der Waals surface area contributed by atoms with E-state index < -0.39 is 15.1 Å². The number of hydrogen-bond acceptors (Lipinski definition) is 4. The molecule has 7 heteroatoms. The van der Waals surface area contributed by atoms with Crippen LogP contribution >= 0.6 is 12.4 Å². The normalized spacial score (nSPS) is 12.0. The highest BCUT2D eigenvalue weighted by atomic mass is 35.5. The van der Waals surface area contributed by atoms with E-state index in [9.17, 15) is 13.2 Å². The second kappa shape index (κ2) is 8.13. The summed E-state index contributed by atoms with van der Waals surface area (Å²) in [6.45, 7) is 8.05. The van der Waals surface area contributed by atoms with Gasteiger partial charge in [0.15, 0.2) is 9.84 Å². The second-order valence-corrected chi connectivity index (χ2v) is 9.09. The highest BCUT2D eigenvalue weighted by Gasteiger charge is 2.28. The van der Waals surface area contributed by atoms with Crippen LogP contribution in [0.2, 0.25) is 0 Å². The van der Waals surface area contributed by atoms with Crippen molar-refractivity contribution in [2.24, 2.45) is 11.1 Å². The number of hydrogen-bond donors (Lipinski definition) is 1. The zero-order valence-electron chi connectivity index (χ0n) is 14.4. The molecule has 0 unspecified atom stereocenters. The second-order valence-electron chi connectivity index (χ2n) is 6.62. The van der Waals surface area contributed by atoms with E-state index in [4.69, 9.17) is 5.73 Å². The minimum absolute atomic E-state index is 0. The van der Waals surface area contributed by atoms with Gasteiger partial charge in [-0.3, -0.25) is 4.79 Å². The summed E-state index contributed by atoms with van der Waals surface area (Å²) in [5, 5.41) is -0.577. The highest BCUT2D eigenvalue weighted by Crippen LogP contribution is 2.23. The Labute approximate surface area is 145 Å². The molecule has 5 nitrogen and oxygen atoms in total. The van der Waals surface area contributed by atoms with Gasteiger partial charge in [-0.25, -0.2) is 8.42 Å². The van der Waals surface area contributed by atoms with Gasteiger partial charge in [0.05, 0.1) is 15.7 Å². The molecule has 23 heavy (non-hydrogen) atoms. The third kappa shape index (κ3) is 5.19. The van der Waals surface area contributed by atoms with Gasteiger partial charge in [-0.15, -0.1) is 12.4 Å². The molecule has 0 aliphatic carbocycles. The number of halogens is 1. The van der Waals surface area contributed by atoms with E-state index in [2.05, 4.69) is 0 Å². The van der Waals surface area contributed by atoms with Gasteiger partial charge in [0.1, 0.15) is 0 Å². The largest absolute Gasteiger partial charge is 0.341 e. The summed E-state index contributed by atoms with van der Waals surface area (Å²) in [5.74, 6) is -0.304. The van der Waals surface area contributed by atoms with Crippen molar-refractivity contribution in [2.75, 3.05) is 20.1 Å². The van der Waals surface area contributed by atoms with Crippen molar-refractivity contribution >= 4 is 28.2 Å². The Morgan fingerprint density at radius 3 is 2.26 bits per heavy atom. The Morgan fingerprint density at radius 1 is 1.26 bits per heavy atom. The molecule has 0 heterocycles. The molecule has 0 aliphatic rings. The first-order valence-electron chi connectivity index (χ1n) is 7.31. The Bertz CT molecular complexity index is 642. The van der Waals surface area contributed by atoms with E-state index in [0.717, 1.165) is 0 Å². The van der Waals surface area contributed by atoms with Crippen LogP contribution in [0.4, 0.5) is 0 Å². The fourth-order valence-electron chi connectivity index (χ4n) is 2.13. The molecule has 1 amide bonds. The average Bonchev–Trinajstić information content (AvgIpc) is 2.45. The van der Waals surface area contributed by atoms with Gasteiger partial charge in [0, 0.05) is 13.6 Å². The Kier molecular flexibility index (Phi) is 7.73. The molecule has 0 aromatic heterocycles. The minimum atomic E-state index is -3.51. The molecule has 0 atom stereocenters. The van der Waals surface area contributed by atoms with E-state index in [1.807, 2.05) is 13.8 Å². The molecule has 2 N–H and O–H groups in total. The molecule has 0 saturated carbocycles. The van der Waals surface area contributed by atoms with Gasteiger partial charge in [-0.2, -0.15) is 0 Å². The summed E-state index contributed by atoms with van der Waals surface area (Å²) < 4.78 is 24.9. The van der Waals surface area contributed by atoms with E-state index in [-0.39, 0.29) is 34.2 Å². The van der Waals surface area contributed by atoms with Crippen LogP contribution in [0.3, 0.4) is 0 Å². The lowest BCUT2D eigenvalue weighted by Crippen LogP contribution is -2.40. The maximum absolute atomic E-state index is 12.6. The van der Waals surface area contributed by atoms with Crippen LogP contribution in [0.15, 0.2) is 29.2 Å². The Balaban J connectivity index is 0.00000484. The topological polar surface area (TPSA) is 80.5 Å². The lowest BCUT2D eigenvalue weighted by atomic mass is 9.93. The molecule has 0 aliphatic heterocycles. The number of benzene rings is 1. The van der Waals surface area contributed by atoms with Crippen LogP contribution in [-0.2, 0) is 9.84 Å². The van der Waals surface area contributed by atoms with Gasteiger partial charge < -0.3 is 10.6 Å². The number of sulfone groups is 1. The molecule has 1 aromatic rings. The summed E-state index contributed by atoms with van der Waals surface area (Å²) in [7, 11) is -1.84. The first kappa shape index (κ1) is 21.9. The summed E-state index contributed by atoms with van der Waals surface area (Å²) in [6.07, 6.45) is 0. The first-order valence-corrected chi connectivity index (χ1v) is 8.86. The van der Waals surface area contributed by atoms with E-state index in [1.54, 1.807) is 39.1 Å². The Hall–Kier alpha value is -1.11. The number of carbonyl (C=O) groups is 1. The molecular formula is C16H27ClN2O3S. The third-order valence-electron chi connectivity index (χ3n) is 3.61. The maximum atomic E-state index is 12.6. The van der Waals surface area contributed by atoms with Gasteiger partial charge in [0.25, 0.3) is 5.91 Å². The number of amides is 1. The van der Waals surface area contributed by atoms with Crippen molar-refractivity contribution in [3.63, 3.8) is 0 Å². The van der Waals surface area contributed by atoms with E-state index in [0.29, 0.717) is 13.1 Å². The summed E-state index contributed by atoms with van der Waals surface area (Å²) in [5.41, 5.74) is 5.69. The van der Waals surface area contributed by atoms with Crippen molar-refractivity contribution in [3.05, 3.63) is 29.8 Å². The Morgan fingerprint density at radius 2 is 1.78 bits per heavy atom. The molecule has 1 aromatic carbocycles. The molecule has 1 rings (SSSR count). The first-order chi connectivity index (χ1) is 10.0. The van der Waals surface area contributed by atoms with Crippen LogP contribution < -0.4 is 5.73 Å². The zero-order valence-corrected chi connectivity index (χ0v) is 16.0. The summed E-state index contributed by atoms with van der Waals surface area (Å²) >= 11 is 0.